The van der Waals surface area contributed by atoms with Crippen LogP contribution in [0.5, 0.6) is 0 Å². The molecule has 0 unspecified atom stereocenters. The Balaban J connectivity index is 2.36. The molecule has 2 nitrogen and oxygen atoms in total. The molecule has 0 bridgehead atoms. The summed E-state index contributed by atoms with van der Waals surface area (Å²) in [6, 6.07) is 10.8. The van der Waals surface area contributed by atoms with E-state index in [0.29, 0.717) is 4.77 Å². The number of aryl methyl sites for hydroxylation is 1. The second-order valence-electron chi connectivity index (χ2n) is 4.36. The first kappa shape index (κ1) is 12.8. The minimum absolute atomic E-state index is 0.234. The predicted octanol–water partition coefficient (Wildman–Crippen LogP) is 4.74. The molecule has 0 saturated carbocycles. The lowest BCUT2D eigenvalue weighted by Crippen LogP contribution is -1.97. The van der Waals surface area contributed by atoms with Crippen molar-refractivity contribution in [2.75, 3.05) is 0 Å². The number of aromatic nitrogens is 2. The molecule has 0 aliphatic rings. The lowest BCUT2D eigenvalue weighted by Gasteiger charge is -2.08. The van der Waals surface area contributed by atoms with Crippen LogP contribution in [0.3, 0.4) is 0 Å². The van der Waals surface area contributed by atoms with Gasteiger partial charge in [-0.05, 0) is 83.7 Å². The zero-order chi connectivity index (χ0) is 13.6. The van der Waals surface area contributed by atoms with Crippen LogP contribution in [-0.4, -0.2) is 9.55 Å². The molecule has 0 radical (unpaired) electrons. The van der Waals surface area contributed by atoms with Crippen LogP contribution in [0.4, 0.5) is 4.39 Å². The molecule has 1 aromatic heterocycles. The van der Waals surface area contributed by atoms with Crippen LogP contribution in [0, 0.1) is 21.1 Å². The first-order chi connectivity index (χ1) is 9.06. The third-order valence-electron chi connectivity index (χ3n) is 3.04. The minimum Gasteiger partial charge on any atom is -0.330 e. The average molecular weight is 384 g/mol. The van der Waals surface area contributed by atoms with E-state index >= 15 is 0 Å². The van der Waals surface area contributed by atoms with Gasteiger partial charge in [-0.25, -0.2) is 4.39 Å². The first-order valence-electron chi connectivity index (χ1n) is 5.73. The molecule has 3 rings (SSSR count). The summed E-state index contributed by atoms with van der Waals surface area (Å²) in [7, 11) is 0. The fourth-order valence-corrected chi connectivity index (χ4v) is 2.99. The monoisotopic (exact) mass is 384 g/mol. The highest BCUT2D eigenvalue weighted by molar-refractivity contribution is 14.1. The van der Waals surface area contributed by atoms with Crippen molar-refractivity contribution < 1.29 is 4.39 Å². The molecule has 0 fully saturated rings. The Morgan fingerprint density at radius 1 is 1.21 bits per heavy atom. The quantitative estimate of drug-likeness (QED) is 0.475. The summed E-state index contributed by atoms with van der Waals surface area (Å²) in [5.41, 5.74) is 3.75. The maximum Gasteiger partial charge on any atom is 0.182 e. The van der Waals surface area contributed by atoms with Crippen molar-refractivity contribution in [1.82, 2.24) is 9.55 Å². The van der Waals surface area contributed by atoms with Gasteiger partial charge in [0, 0.05) is 3.57 Å². The summed E-state index contributed by atoms with van der Waals surface area (Å²) in [4.78, 5) is 3.19. The van der Waals surface area contributed by atoms with Crippen LogP contribution < -0.4 is 0 Å². The topological polar surface area (TPSA) is 20.7 Å². The van der Waals surface area contributed by atoms with Crippen molar-refractivity contribution in [3.05, 3.63) is 56.1 Å². The Kier molecular flexibility index (Phi) is 3.18. The normalized spacial score (nSPS) is 11.1. The van der Waals surface area contributed by atoms with Gasteiger partial charge in [-0.2, -0.15) is 0 Å². The molecule has 0 spiro atoms. The van der Waals surface area contributed by atoms with Gasteiger partial charge in [-0.3, -0.25) is 4.57 Å². The van der Waals surface area contributed by atoms with Gasteiger partial charge in [-0.15, -0.1) is 0 Å². The van der Waals surface area contributed by atoms with Crippen LogP contribution in [0.15, 0.2) is 36.4 Å². The van der Waals surface area contributed by atoms with Crippen molar-refractivity contribution in [3.63, 3.8) is 0 Å². The van der Waals surface area contributed by atoms with Crippen LogP contribution >= 0.6 is 34.8 Å². The number of hydrogen-bond donors (Lipinski definition) is 1. The maximum atomic E-state index is 13.2. The first-order valence-corrected chi connectivity index (χ1v) is 7.22. The zero-order valence-electron chi connectivity index (χ0n) is 10.1. The summed E-state index contributed by atoms with van der Waals surface area (Å²) < 4.78 is 16.9. The molecule has 3 aromatic rings. The second kappa shape index (κ2) is 4.72. The Hall–Kier alpha value is -1.21. The number of imidazole rings is 1. The molecule has 2 aromatic carbocycles. The smallest absolute Gasteiger partial charge is 0.182 e. The fraction of sp³-hybridized carbons (Fsp3) is 0.0714. The number of benzene rings is 2. The molecular weight excluding hydrogens is 374 g/mol. The van der Waals surface area contributed by atoms with E-state index in [1.54, 1.807) is 6.07 Å². The predicted molar refractivity (Wildman–Crippen MR) is 85.9 cm³/mol. The standard InChI is InChI=1S/C14H10FIN2S/c1-8-6-9(15)2-4-12(8)18-13-5-3-10(16)7-11(13)17-14(18)19/h2-7H,1H3,(H,17,19). The summed E-state index contributed by atoms with van der Waals surface area (Å²) in [5.74, 6) is -0.234. The Labute approximate surface area is 128 Å². The van der Waals surface area contributed by atoms with E-state index in [-0.39, 0.29) is 5.82 Å². The Morgan fingerprint density at radius 3 is 2.74 bits per heavy atom. The van der Waals surface area contributed by atoms with Crippen LogP contribution in [0.25, 0.3) is 16.7 Å². The van der Waals surface area contributed by atoms with Crippen LogP contribution in [0.1, 0.15) is 5.56 Å². The van der Waals surface area contributed by atoms with E-state index in [2.05, 4.69) is 27.6 Å². The van der Waals surface area contributed by atoms with Gasteiger partial charge in [0.15, 0.2) is 4.77 Å². The summed E-state index contributed by atoms with van der Waals surface area (Å²) >= 11 is 7.64. The van der Waals surface area contributed by atoms with Gasteiger partial charge in [0.05, 0.1) is 16.7 Å². The van der Waals surface area contributed by atoms with Gasteiger partial charge in [0.25, 0.3) is 0 Å². The number of rotatable bonds is 1. The molecule has 0 amide bonds. The van der Waals surface area contributed by atoms with Crippen LogP contribution in [0.2, 0.25) is 0 Å². The van der Waals surface area contributed by atoms with E-state index in [1.807, 2.05) is 29.7 Å². The van der Waals surface area contributed by atoms with E-state index in [4.69, 9.17) is 12.2 Å². The maximum absolute atomic E-state index is 13.2. The van der Waals surface area contributed by atoms with E-state index in [0.717, 1.165) is 25.9 Å². The van der Waals surface area contributed by atoms with Gasteiger partial charge < -0.3 is 4.98 Å². The Morgan fingerprint density at radius 2 is 2.00 bits per heavy atom. The van der Waals surface area contributed by atoms with E-state index in [9.17, 15) is 4.39 Å². The number of fused-ring (bicyclic) bond motifs is 1. The summed E-state index contributed by atoms with van der Waals surface area (Å²) in [5, 5.41) is 0. The summed E-state index contributed by atoms with van der Waals surface area (Å²) in [6.07, 6.45) is 0. The number of H-pyrrole nitrogens is 1. The zero-order valence-corrected chi connectivity index (χ0v) is 13.0. The fourth-order valence-electron chi connectivity index (χ4n) is 2.19. The molecule has 0 aliphatic carbocycles. The largest absolute Gasteiger partial charge is 0.330 e. The second-order valence-corrected chi connectivity index (χ2v) is 5.99. The third-order valence-corrected chi connectivity index (χ3v) is 4.00. The highest BCUT2D eigenvalue weighted by Gasteiger charge is 2.09. The number of halogens is 2. The van der Waals surface area contributed by atoms with Crippen molar-refractivity contribution in [1.29, 1.82) is 0 Å². The molecule has 0 aliphatic heterocycles. The highest BCUT2D eigenvalue weighted by atomic mass is 127. The van der Waals surface area contributed by atoms with Crippen molar-refractivity contribution >= 4 is 45.8 Å². The van der Waals surface area contributed by atoms with Crippen molar-refractivity contribution in [2.45, 2.75) is 6.92 Å². The molecule has 5 heteroatoms. The number of nitrogens with zero attached hydrogens (tertiary/aromatic N) is 1. The lowest BCUT2D eigenvalue weighted by atomic mass is 10.2. The molecule has 1 N–H and O–H groups in total. The molecule has 96 valence electrons. The molecule has 0 atom stereocenters. The lowest BCUT2D eigenvalue weighted by molar-refractivity contribution is 0.626. The van der Waals surface area contributed by atoms with Crippen LogP contribution in [-0.2, 0) is 0 Å². The van der Waals surface area contributed by atoms with Gasteiger partial charge in [-0.1, -0.05) is 0 Å². The number of hydrogen-bond acceptors (Lipinski definition) is 1. The highest BCUT2D eigenvalue weighted by Crippen LogP contribution is 2.23. The average Bonchev–Trinajstić information content (AvgIpc) is 2.65. The summed E-state index contributed by atoms with van der Waals surface area (Å²) in [6.45, 7) is 1.88. The number of aromatic amines is 1. The third kappa shape index (κ3) is 2.21. The molecule has 1 heterocycles. The van der Waals surface area contributed by atoms with Gasteiger partial charge in [0.2, 0.25) is 0 Å². The Bertz CT molecular complexity index is 835. The van der Waals surface area contributed by atoms with E-state index < -0.39 is 0 Å². The van der Waals surface area contributed by atoms with Crippen molar-refractivity contribution in [2.24, 2.45) is 0 Å². The van der Waals surface area contributed by atoms with Crippen molar-refractivity contribution in [3.8, 4) is 5.69 Å². The SMILES string of the molecule is Cc1cc(F)ccc1-n1c(=S)[nH]c2cc(I)ccc21. The molecule has 0 saturated heterocycles. The van der Waals surface area contributed by atoms with E-state index in [1.165, 1.54) is 12.1 Å². The van der Waals surface area contributed by atoms with Gasteiger partial charge >= 0.3 is 0 Å². The minimum atomic E-state index is -0.234. The molecule has 19 heavy (non-hydrogen) atoms. The number of nitrogens with one attached hydrogen (secondary N) is 1. The van der Waals surface area contributed by atoms with Gasteiger partial charge in [0.1, 0.15) is 5.82 Å². The molecular formula is C14H10FIN2S.